The molecule has 5 nitrogen and oxygen atoms in total. The molecular weight excluding hydrogens is 266 g/mol. The lowest BCUT2D eigenvalue weighted by Crippen LogP contribution is -2.48. The Labute approximate surface area is 128 Å². The first-order valence-corrected chi connectivity index (χ1v) is 8.45. The van der Waals surface area contributed by atoms with Crippen LogP contribution in [0.5, 0.6) is 0 Å². The molecule has 1 amide bonds. The Morgan fingerprint density at radius 3 is 2.43 bits per heavy atom. The van der Waals surface area contributed by atoms with Gasteiger partial charge in [0.25, 0.3) is 0 Å². The highest BCUT2D eigenvalue weighted by atomic mass is 16.5. The summed E-state index contributed by atoms with van der Waals surface area (Å²) in [5.74, 6) is 0.964. The molecule has 2 heterocycles. The third-order valence-corrected chi connectivity index (χ3v) is 4.96. The van der Waals surface area contributed by atoms with Crippen LogP contribution in [0.1, 0.15) is 38.5 Å². The van der Waals surface area contributed by atoms with Gasteiger partial charge >= 0.3 is 0 Å². The Bertz CT molecular complexity index is 311. The van der Waals surface area contributed by atoms with Gasteiger partial charge in [-0.3, -0.25) is 9.69 Å². The summed E-state index contributed by atoms with van der Waals surface area (Å²) in [5.41, 5.74) is 5.94. The molecule has 5 heteroatoms. The number of nitrogens with two attached hydrogens (primary N) is 1. The number of ether oxygens (including phenoxy) is 1. The van der Waals surface area contributed by atoms with Crippen LogP contribution in [0.4, 0.5) is 0 Å². The molecule has 0 radical (unpaired) electrons. The standard InChI is InChI=1S/C16H31N3O2/c1-21-13-14-5-9-18(10-6-14)15(12-17)11-16(20)19-7-3-2-4-8-19/h14-15H,2-13,17H2,1H3. The second-order valence-electron chi connectivity index (χ2n) is 6.47. The van der Waals surface area contributed by atoms with Crippen LogP contribution >= 0.6 is 0 Å². The zero-order valence-corrected chi connectivity index (χ0v) is 13.4. The molecule has 0 aromatic heterocycles. The quantitative estimate of drug-likeness (QED) is 0.797. The summed E-state index contributed by atoms with van der Waals surface area (Å²) in [6, 6.07) is 0.211. The second kappa shape index (κ2) is 8.71. The maximum absolute atomic E-state index is 12.4. The normalized spacial score (nSPS) is 23.2. The lowest BCUT2D eigenvalue weighted by atomic mass is 9.95. The van der Waals surface area contributed by atoms with Crippen LogP contribution in [0.3, 0.4) is 0 Å². The molecule has 2 fully saturated rings. The first-order chi connectivity index (χ1) is 10.2. The average molecular weight is 297 g/mol. The van der Waals surface area contributed by atoms with Gasteiger partial charge in [0, 0.05) is 45.8 Å². The van der Waals surface area contributed by atoms with E-state index in [1.807, 2.05) is 4.90 Å². The fraction of sp³-hybridized carbons (Fsp3) is 0.938. The van der Waals surface area contributed by atoms with Crippen LogP contribution < -0.4 is 5.73 Å². The van der Waals surface area contributed by atoms with Crippen molar-refractivity contribution >= 4 is 5.91 Å². The van der Waals surface area contributed by atoms with E-state index in [2.05, 4.69) is 4.90 Å². The van der Waals surface area contributed by atoms with Crippen molar-refractivity contribution in [3.63, 3.8) is 0 Å². The Morgan fingerprint density at radius 1 is 1.19 bits per heavy atom. The zero-order valence-electron chi connectivity index (χ0n) is 13.4. The van der Waals surface area contributed by atoms with Crippen molar-refractivity contribution in [1.29, 1.82) is 0 Å². The fourth-order valence-electron chi connectivity index (χ4n) is 3.56. The summed E-state index contributed by atoms with van der Waals surface area (Å²) in [6.45, 7) is 5.40. The molecule has 0 aromatic carbocycles. The highest BCUT2D eigenvalue weighted by Gasteiger charge is 2.27. The van der Waals surface area contributed by atoms with E-state index in [0.717, 1.165) is 58.5 Å². The minimum absolute atomic E-state index is 0.211. The lowest BCUT2D eigenvalue weighted by Gasteiger charge is -2.37. The molecule has 122 valence electrons. The van der Waals surface area contributed by atoms with E-state index >= 15 is 0 Å². The molecule has 1 atom stereocenters. The predicted octanol–water partition coefficient (Wildman–Crippen LogP) is 1.07. The van der Waals surface area contributed by atoms with Gasteiger partial charge in [0.1, 0.15) is 0 Å². The summed E-state index contributed by atoms with van der Waals surface area (Å²) in [4.78, 5) is 16.8. The molecule has 1 unspecified atom stereocenters. The van der Waals surface area contributed by atoms with E-state index in [0.29, 0.717) is 24.8 Å². The third kappa shape index (κ3) is 4.94. The number of likely N-dealkylation sites (tertiary alicyclic amines) is 2. The number of hydrogen-bond donors (Lipinski definition) is 1. The zero-order chi connectivity index (χ0) is 15.1. The Balaban J connectivity index is 1.78. The number of methoxy groups -OCH3 is 1. The minimum atomic E-state index is 0.211. The molecule has 0 saturated carbocycles. The summed E-state index contributed by atoms with van der Waals surface area (Å²) >= 11 is 0. The number of hydrogen-bond acceptors (Lipinski definition) is 4. The molecule has 0 aromatic rings. The Kier molecular flexibility index (Phi) is 6.93. The van der Waals surface area contributed by atoms with Crippen LogP contribution in [0.2, 0.25) is 0 Å². The highest BCUT2D eigenvalue weighted by Crippen LogP contribution is 2.21. The van der Waals surface area contributed by atoms with E-state index in [9.17, 15) is 4.79 Å². The number of amides is 1. The number of carbonyl (C=O) groups excluding carboxylic acids is 1. The van der Waals surface area contributed by atoms with E-state index in [4.69, 9.17) is 10.5 Å². The van der Waals surface area contributed by atoms with E-state index in [1.54, 1.807) is 7.11 Å². The summed E-state index contributed by atoms with van der Waals surface area (Å²) in [5, 5.41) is 0. The van der Waals surface area contributed by atoms with Crippen molar-refractivity contribution < 1.29 is 9.53 Å². The summed E-state index contributed by atoms with van der Waals surface area (Å²) < 4.78 is 5.24. The Hall–Kier alpha value is -0.650. The van der Waals surface area contributed by atoms with Crippen molar-refractivity contribution in [3.05, 3.63) is 0 Å². The average Bonchev–Trinajstić information content (AvgIpc) is 2.54. The van der Waals surface area contributed by atoms with Crippen molar-refractivity contribution in [2.75, 3.05) is 46.4 Å². The molecule has 2 saturated heterocycles. The van der Waals surface area contributed by atoms with Gasteiger partial charge in [-0.15, -0.1) is 0 Å². The number of nitrogens with zero attached hydrogens (tertiary/aromatic N) is 2. The highest BCUT2D eigenvalue weighted by molar-refractivity contribution is 5.77. The topological polar surface area (TPSA) is 58.8 Å². The van der Waals surface area contributed by atoms with Gasteiger partial charge in [0.15, 0.2) is 0 Å². The maximum Gasteiger partial charge on any atom is 0.224 e. The van der Waals surface area contributed by atoms with Gasteiger partial charge in [-0.2, -0.15) is 0 Å². The monoisotopic (exact) mass is 297 g/mol. The van der Waals surface area contributed by atoms with E-state index < -0.39 is 0 Å². The minimum Gasteiger partial charge on any atom is -0.384 e. The first kappa shape index (κ1) is 16.7. The van der Waals surface area contributed by atoms with Crippen LogP contribution in [0.25, 0.3) is 0 Å². The predicted molar refractivity (Wildman–Crippen MR) is 84.1 cm³/mol. The molecule has 2 aliphatic heterocycles. The van der Waals surface area contributed by atoms with E-state index in [-0.39, 0.29) is 6.04 Å². The molecule has 2 aliphatic rings. The van der Waals surface area contributed by atoms with Crippen molar-refractivity contribution in [2.45, 2.75) is 44.6 Å². The van der Waals surface area contributed by atoms with Crippen molar-refractivity contribution in [1.82, 2.24) is 9.80 Å². The first-order valence-electron chi connectivity index (χ1n) is 8.45. The van der Waals surface area contributed by atoms with Crippen molar-refractivity contribution in [2.24, 2.45) is 11.7 Å². The SMILES string of the molecule is COCC1CCN(C(CN)CC(=O)N2CCCCC2)CC1. The number of rotatable bonds is 6. The third-order valence-electron chi connectivity index (χ3n) is 4.96. The van der Waals surface area contributed by atoms with Crippen molar-refractivity contribution in [3.8, 4) is 0 Å². The van der Waals surface area contributed by atoms with Gasteiger partial charge in [0.05, 0.1) is 0 Å². The molecular formula is C16H31N3O2. The van der Waals surface area contributed by atoms with Crippen LogP contribution in [-0.4, -0.2) is 68.2 Å². The van der Waals surface area contributed by atoms with Gasteiger partial charge in [0.2, 0.25) is 5.91 Å². The second-order valence-corrected chi connectivity index (χ2v) is 6.47. The van der Waals surface area contributed by atoms with Gasteiger partial charge in [-0.05, 0) is 51.1 Å². The van der Waals surface area contributed by atoms with Gasteiger partial charge in [-0.1, -0.05) is 0 Å². The lowest BCUT2D eigenvalue weighted by molar-refractivity contribution is -0.133. The molecule has 21 heavy (non-hydrogen) atoms. The molecule has 2 N–H and O–H groups in total. The molecule has 0 spiro atoms. The summed E-state index contributed by atoms with van der Waals surface area (Å²) in [6.07, 6.45) is 6.47. The molecule has 0 aliphatic carbocycles. The Morgan fingerprint density at radius 2 is 1.86 bits per heavy atom. The largest absolute Gasteiger partial charge is 0.384 e. The summed E-state index contributed by atoms with van der Waals surface area (Å²) in [7, 11) is 1.77. The smallest absolute Gasteiger partial charge is 0.224 e. The number of piperidine rings is 2. The maximum atomic E-state index is 12.4. The van der Waals surface area contributed by atoms with Crippen LogP contribution in [-0.2, 0) is 9.53 Å². The van der Waals surface area contributed by atoms with Crippen LogP contribution in [0, 0.1) is 5.92 Å². The molecule has 0 bridgehead atoms. The number of carbonyl (C=O) groups is 1. The van der Waals surface area contributed by atoms with E-state index in [1.165, 1.54) is 6.42 Å². The van der Waals surface area contributed by atoms with Gasteiger partial charge in [-0.25, -0.2) is 0 Å². The van der Waals surface area contributed by atoms with Crippen LogP contribution in [0.15, 0.2) is 0 Å². The van der Waals surface area contributed by atoms with Gasteiger partial charge < -0.3 is 15.4 Å². The fourth-order valence-corrected chi connectivity index (χ4v) is 3.56. The molecule has 2 rings (SSSR count).